The van der Waals surface area contributed by atoms with Crippen molar-refractivity contribution in [3.05, 3.63) is 105 Å². The van der Waals surface area contributed by atoms with Crippen LogP contribution in [0.1, 0.15) is 0 Å². The normalized spacial score (nSPS) is 12.5. The van der Waals surface area contributed by atoms with Crippen molar-refractivity contribution < 1.29 is 15.2 Å². The van der Waals surface area contributed by atoms with Gasteiger partial charge in [0.05, 0.1) is 11.4 Å². The first-order valence-corrected chi connectivity index (χ1v) is 9.95. The van der Waals surface area contributed by atoms with Crippen molar-refractivity contribution in [1.29, 1.82) is 0 Å². The van der Waals surface area contributed by atoms with Crippen molar-refractivity contribution in [3.8, 4) is 11.4 Å². The number of nitrogens with one attached hydrogen (secondary N) is 2. The molecular weight excluding hydrogens is 418 g/mol. The summed E-state index contributed by atoms with van der Waals surface area (Å²) in [4.78, 5) is 29.9. The Kier molecular flexibility index (Phi) is 5.87. The average molecular weight is 435 g/mol. The lowest BCUT2D eigenvalue weighted by Gasteiger charge is -2.11. The maximum absolute atomic E-state index is 13.2. The van der Waals surface area contributed by atoms with Crippen LogP contribution in [0.5, 0.6) is 0 Å². The lowest BCUT2D eigenvalue weighted by atomic mass is 10.3. The monoisotopic (exact) mass is 435 g/mol. The number of aromatic nitrogens is 2. The van der Waals surface area contributed by atoms with Crippen molar-refractivity contribution >= 4 is 28.9 Å². The van der Waals surface area contributed by atoms with E-state index < -0.39 is 16.9 Å². The predicted octanol–water partition coefficient (Wildman–Crippen LogP) is 2.23. The summed E-state index contributed by atoms with van der Waals surface area (Å²) >= 11 is 1.01. The van der Waals surface area contributed by atoms with Crippen LogP contribution in [0.15, 0.2) is 94.7 Å². The summed E-state index contributed by atoms with van der Waals surface area (Å²) in [6, 6.07) is 23.0. The Bertz CT molecular complexity index is 1310. The van der Waals surface area contributed by atoms with Gasteiger partial charge in [0.2, 0.25) is 4.80 Å². The first-order valence-electron chi connectivity index (χ1n) is 9.18. The smallest absolute Gasteiger partial charge is 0.349 e. The van der Waals surface area contributed by atoms with E-state index >= 15 is 0 Å². The van der Waals surface area contributed by atoms with Crippen LogP contribution in [0, 0.1) is 5.21 Å². The number of quaternary nitrogens is 1. The summed E-state index contributed by atoms with van der Waals surface area (Å²) in [7, 11) is 0. The van der Waals surface area contributed by atoms with E-state index in [9.17, 15) is 14.8 Å². The molecule has 0 fully saturated rings. The van der Waals surface area contributed by atoms with Gasteiger partial charge >= 0.3 is 11.7 Å². The van der Waals surface area contributed by atoms with Gasteiger partial charge in [0.15, 0.2) is 5.69 Å². The molecule has 0 bridgehead atoms. The van der Waals surface area contributed by atoms with Gasteiger partial charge in [-0.25, -0.2) is 23.3 Å². The maximum atomic E-state index is 13.2. The van der Waals surface area contributed by atoms with E-state index in [0.717, 1.165) is 11.5 Å². The van der Waals surface area contributed by atoms with E-state index in [1.807, 2.05) is 12.1 Å². The molecule has 3 aromatic carbocycles. The van der Waals surface area contributed by atoms with Crippen LogP contribution in [0.2, 0.25) is 0 Å². The summed E-state index contributed by atoms with van der Waals surface area (Å²) in [6.45, 7) is 0. The molecule has 1 aromatic heterocycles. The summed E-state index contributed by atoms with van der Waals surface area (Å²) in [5, 5.41) is 21.9. The van der Waals surface area contributed by atoms with Crippen LogP contribution in [-0.2, 0) is 0 Å². The van der Waals surface area contributed by atoms with E-state index in [1.54, 1.807) is 48.5 Å². The molecule has 1 atom stereocenters. The van der Waals surface area contributed by atoms with Gasteiger partial charge in [-0.2, -0.15) is 10.2 Å². The van der Waals surface area contributed by atoms with Gasteiger partial charge in [-0.1, -0.05) is 36.4 Å². The molecule has 10 heteroatoms. The number of hydrogen-bond donors (Lipinski definition) is 3. The highest BCUT2D eigenvalue weighted by molar-refractivity contribution is 7.03. The van der Waals surface area contributed by atoms with Crippen LogP contribution in [-0.4, -0.2) is 19.8 Å². The number of para-hydroxylation sites is 2. The van der Waals surface area contributed by atoms with Gasteiger partial charge in [-0.15, -0.1) is 0 Å². The summed E-state index contributed by atoms with van der Waals surface area (Å²) in [6.07, 6.45) is 0. The Morgan fingerprint density at radius 1 is 0.935 bits per heavy atom. The summed E-state index contributed by atoms with van der Waals surface area (Å²) in [5.74, 6) is 0. The standard InChI is InChI=1S/C21H17N5O4S/c27-19(22-15-7-3-1-4-8-15)23-20-24(16-11-13-18(14-12-16)26(29)30)21(28)25(31-20)17-9-5-2-6-10-17/h1-14,26,29H,(H,22,27). The van der Waals surface area contributed by atoms with Crippen LogP contribution < -0.4 is 21.0 Å². The number of urea groups is 1. The van der Waals surface area contributed by atoms with Crippen molar-refractivity contribution in [2.75, 3.05) is 5.32 Å². The fourth-order valence-corrected chi connectivity index (χ4v) is 3.80. The zero-order chi connectivity index (χ0) is 21.8. The van der Waals surface area contributed by atoms with Crippen molar-refractivity contribution in [2.24, 2.45) is 4.99 Å². The molecule has 0 radical (unpaired) electrons. The van der Waals surface area contributed by atoms with Crippen LogP contribution >= 0.6 is 11.5 Å². The second-order valence-electron chi connectivity index (χ2n) is 6.38. The molecule has 2 amide bonds. The fourth-order valence-electron chi connectivity index (χ4n) is 2.86. The maximum Gasteiger partial charge on any atom is 0.349 e. The number of rotatable bonds is 4. The number of benzene rings is 3. The second kappa shape index (κ2) is 8.90. The molecule has 0 aliphatic carbocycles. The quantitative estimate of drug-likeness (QED) is 0.426. The molecule has 1 unspecified atom stereocenters. The lowest BCUT2D eigenvalue weighted by Crippen LogP contribution is -2.99. The second-order valence-corrected chi connectivity index (χ2v) is 7.29. The molecule has 156 valence electrons. The Morgan fingerprint density at radius 3 is 2.16 bits per heavy atom. The highest BCUT2D eigenvalue weighted by atomic mass is 32.1. The number of hydrogen-bond acceptors (Lipinski definition) is 5. The van der Waals surface area contributed by atoms with E-state index in [1.165, 1.54) is 32.8 Å². The number of carbonyl (C=O) groups excluding carboxylic acids is 1. The average Bonchev–Trinajstić information content (AvgIpc) is 3.10. The Labute approximate surface area is 180 Å². The van der Waals surface area contributed by atoms with Crippen LogP contribution in [0.25, 0.3) is 11.4 Å². The Balaban J connectivity index is 1.83. The van der Waals surface area contributed by atoms with Crippen molar-refractivity contribution in [3.63, 3.8) is 0 Å². The highest BCUT2D eigenvalue weighted by Crippen LogP contribution is 2.11. The largest absolute Gasteiger partial charge is 0.595 e. The molecule has 1 heterocycles. The Hall–Kier alpha value is -3.83. The minimum absolute atomic E-state index is 0.0864. The molecule has 0 aliphatic heterocycles. The molecule has 0 aliphatic rings. The topological polar surface area (TPSA) is 116 Å². The molecule has 0 saturated carbocycles. The van der Waals surface area contributed by atoms with Gasteiger partial charge in [0.25, 0.3) is 0 Å². The first kappa shape index (κ1) is 20.4. The molecule has 31 heavy (non-hydrogen) atoms. The Morgan fingerprint density at radius 2 is 1.55 bits per heavy atom. The lowest BCUT2D eigenvalue weighted by molar-refractivity contribution is -0.991. The number of anilines is 1. The van der Waals surface area contributed by atoms with Crippen LogP contribution in [0.4, 0.5) is 16.2 Å². The van der Waals surface area contributed by atoms with Gasteiger partial charge in [0.1, 0.15) is 0 Å². The minimum Gasteiger partial charge on any atom is -0.595 e. The number of amides is 2. The zero-order valence-electron chi connectivity index (χ0n) is 16.0. The van der Waals surface area contributed by atoms with E-state index in [-0.39, 0.29) is 10.5 Å². The van der Waals surface area contributed by atoms with E-state index in [2.05, 4.69) is 10.3 Å². The van der Waals surface area contributed by atoms with Crippen molar-refractivity contribution in [1.82, 2.24) is 8.52 Å². The molecule has 4 rings (SSSR count). The molecular formula is C21H17N5O4S. The molecule has 0 spiro atoms. The summed E-state index contributed by atoms with van der Waals surface area (Å²) in [5.41, 5.74) is 1.25. The zero-order valence-corrected chi connectivity index (χ0v) is 16.8. The molecule has 4 aromatic rings. The molecule has 3 N–H and O–H groups in total. The first-order chi connectivity index (χ1) is 15.0. The number of nitrogens with zero attached hydrogens (tertiary/aromatic N) is 3. The third kappa shape index (κ3) is 4.52. The molecule has 9 nitrogen and oxygen atoms in total. The van der Waals surface area contributed by atoms with Gasteiger partial charge in [-0.3, -0.25) is 0 Å². The molecule has 0 saturated heterocycles. The highest BCUT2D eigenvalue weighted by Gasteiger charge is 2.14. The minimum atomic E-state index is -1.07. The van der Waals surface area contributed by atoms with Gasteiger partial charge < -0.3 is 10.5 Å². The third-order valence-electron chi connectivity index (χ3n) is 4.31. The van der Waals surface area contributed by atoms with Gasteiger partial charge in [0, 0.05) is 17.8 Å². The number of carbonyl (C=O) groups is 1. The third-order valence-corrected chi connectivity index (χ3v) is 5.30. The fraction of sp³-hybridized carbons (Fsp3) is 0. The summed E-state index contributed by atoms with van der Waals surface area (Å²) < 4.78 is 2.69. The van der Waals surface area contributed by atoms with Crippen molar-refractivity contribution in [2.45, 2.75) is 0 Å². The SMILES string of the molecule is O=C(N=c1sn(-c2ccccc2)c(=O)n1-c1ccc([NH+]([O-])O)cc1)Nc1ccccc1. The van der Waals surface area contributed by atoms with Crippen LogP contribution in [0.3, 0.4) is 0 Å². The van der Waals surface area contributed by atoms with E-state index in [4.69, 9.17) is 5.21 Å². The van der Waals surface area contributed by atoms with E-state index in [0.29, 0.717) is 17.1 Å². The predicted molar refractivity (Wildman–Crippen MR) is 116 cm³/mol. The van der Waals surface area contributed by atoms with Gasteiger partial charge in [-0.05, 0) is 47.9 Å².